The molecule has 8 heteroatoms. The highest BCUT2D eigenvalue weighted by Crippen LogP contribution is 2.33. The minimum Gasteiger partial charge on any atom is -0.258 e. The van der Waals surface area contributed by atoms with Crippen LogP contribution in [0.5, 0.6) is 0 Å². The molecule has 0 fully saturated rings. The molecule has 1 aromatic heterocycles. The van der Waals surface area contributed by atoms with Crippen molar-refractivity contribution in [2.75, 3.05) is 0 Å². The Labute approximate surface area is 134 Å². The summed E-state index contributed by atoms with van der Waals surface area (Å²) in [6.07, 6.45) is -4.59. The van der Waals surface area contributed by atoms with E-state index in [1.165, 1.54) is 24.3 Å². The van der Waals surface area contributed by atoms with Crippen LogP contribution < -0.4 is 0 Å². The van der Waals surface area contributed by atoms with E-state index in [2.05, 4.69) is 5.10 Å². The van der Waals surface area contributed by atoms with Crippen molar-refractivity contribution in [3.8, 4) is 16.9 Å². The molecule has 0 aliphatic heterocycles. The van der Waals surface area contributed by atoms with Crippen LogP contribution in [0.15, 0.2) is 60.7 Å². The predicted octanol–water partition coefficient (Wildman–Crippen LogP) is 4.47. The van der Waals surface area contributed by atoms with Gasteiger partial charge in [-0.1, -0.05) is 30.3 Å². The van der Waals surface area contributed by atoms with Gasteiger partial charge in [-0.05, 0) is 18.2 Å². The number of halogens is 3. The molecule has 24 heavy (non-hydrogen) atoms. The number of hydrogen-bond donors (Lipinski definition) is 0. The Morgan fingerprint density at radius 2 is 1.62 bits per heavy atom. The van der Waals surface area contributed by atoms with Crippen LogP contribution in [0.2, 0.25) is 0 Å². The van der Waals surface area contributed by atoms with Gasteiger partial charge in [-0.15, -0.1) is 0 Å². The van der Waals surface area contributed by atoms with Gasteiger partial charge in [-0.2, -0.15) is 18.3 Å². The minimum absolute atomic E-state index is 0.150. The van der Waals surface area contributed by atoms with E-state index in [-0.39, 0.29) is 11.4 Å². The Morgan fingerprint density at radius 1 is 1.00 bits per heavy atom. The molecule has 0 spiro atoms. The zero-order chi connectivity index (χ0) is 17.3. The molecule has 0 aliphatic carbocycles. The summed E-state index contributed by atoms with van der Waals surface area (Å²) in [6.45, 7) is 0. The number of rotatable bonds is 3. The van der Waals surface area contributed by atoms with Crippen LogP contribution in [0.3, 0.4) is 0 Å². The molecule has 0 saturated carbocycles. The second-order valence-electron chi connectivity index (χ2n) is 4.96. The molecule has 0 atom stereocenters. The molecule has 0 bridgehead atoms. The zero-order valence-electron chi connectivity index (χ0n) is 12.1. The highest BCUT2D eigenvalue weighted by atomic mass is 19.4. The maximum atomic E-state index is 13.0. The first-order chi connectivity index (χ1) is 11.4. The first-order valence-electron chi connectivity index (χ1n) is 6.84. The van der Waals surface area contributed by atoms with Crippen molar-refractivity contribution >= 4 is 5.69 Å². The summed E-state index contributed by atoms with van der Waals surface area (Å²) in [5.41, 5.74) is -0.0755. The van der Waals surface area contributed by atoms with E-state index in [0.717, 1.165) is 10.7 Å². The molecule has 3 aromatic rings. The topological polar surface area (TPSA) is 61.0 Å². The van der Waals surface area contributed by atoms with Crippen LogP contribution in [-0.4, -0.2) is 14.7 Å². The van der Waals surface area contributed by atoms with Crippen LogP contribution in [-0.2, 0) is 6.18 Å². The van der Waals surface area contributed by atoms with Crippen molar-refractivity contribution in [2.24, 2.45) is 0 Å². The zero-order valence-corrected chi connectivity index (χ0v) is 12.1. The Balaban J connectivity index is 2.15. The largest absolute Gasteiger partial charge is 0.435 e. The molecule has 0 radical (unpaired) electrons. The molecule has 0 unspecified atom stereocenters. The Bertz CT molecular complexity index is 872. The third-order valence-electron chi connectivity index (χ3n) is 3.37. The van der Waals surface area contributed by atoms with Crippen LogP contribution in [0, 0.1) is 10.1 Å². The summed E-state index contributed by atoms with van der Waals surface area (Å²) < 4.78 is 40.2. The lowest BCUT2D eigenvalue weighted by molar-refractivity contribution is -0.384. The standard InChI is InChI=1S/C16H10F3N3O2/c17-16(18,19)15-10-14(11-4-2-1-3-5-11)21(20-15)12-6-8-13(9-7-12)22(23)24/h1-10H. The Kier molecular flexibility index (Phi) is 3.80. The van der Waals surface area contributed by atoms with E-state index < -0.39 is 16.8 Å². The summed E-state index contributed by atoms with van der Waals surface area (Å²) in [4.78, 5) is 10.1. The van der Waals surface area contributed by atoms with Gasteiger partial charge >= 0.3 is 6.18 Å². The molecule has 2 aromatic carbocycles. The lowest BCUT2D eigenvalue weighted by atomic mass is 10.1. The summed E-state index contributed by atoms with van der Waals surface area (Å²) >= 11 is 0. The average Bonchev–Trinajstić information content (AvgIpc) is 3.01. The van der Waals surface area contributed by atoms with Crippen molar-refractivity contribution in [2.45, 2.75) is 6.18 Å². The van der Waals surface area contributed by atoms with E-state index in [1.807, 2.05) is 0 Å². The first-order valence-corrected chi connectivity index (χ1v) is 6.84. The van der Waals surface area contributed by atoms with Crippen molar-refractivity contribution in [3.63, 3.8) is 0 Å². The Morgan fingerprint density at radius 3 is 2.17 bits per heavy atom. The highest BCUT2D eigenvalue weighted by Gasteiger charge is 2.35. The SMILES string of the molecule is O=[N+]([O-])c1ccc(-n2nc(C(F)(F)F)cc2-c2ccccc2)cc1. The summed E-state index contributed by atoms with van der Waals surface area (Å²) in [7, 11) is 0. The van der Waals surface area contributed by atoms with Gasteiger partial charge in [-0.3, -0.25) is 10.1 Å². The molecule has 122 valence electrons. The molecule has 5 nitrogen and oxygen atoms in total. The number of aromatic nitrogens is 2. The van der Waals surface area contributed by atoms with E-state index in [0.29, 0.717) is 11.3 Å². The van der Waals surface area contributed by atoms with Crippen LogP contribution in [0.25, 0.3) is 16.9 Å². The number of nitrogens with zero attached hydrogens (tertiary/aromatic N) is 3. The predicted molar refractivity (Wildman–Crippen MR) is 80.7 cm³/mol. The number of nitro groups is 1. The van der Waals surface area contributed by atoms with Crippen LogP contribution >= 0.6 is 0 Å². The number of nitro benzene ring substituents is 1. The van der Waals surface area contributed by atoms with Gasteiger partial charge in [0.15, 0.2) is 5.69 Å². The molecular formula is C16H10F3N3O2. The summed E-state index contributed by atoms with van der Waals surface area (Å²) in [5, 5.41) is 14.3. The van der Waals surface area contributed by atoms with E-state index in [9.17, 15) is 23.3 Å². The molecule has 0 N–H and O–H groups in total. The van der Waals surface area contributed by atoms with Gasteiger partial charge in [0, 0.05) is 17.7 Å². The molecule has 0 aliphatic rings. The molecule has 0 saturated heterocycles. The molecule has 1 heterocycles. The fraction of sp³-hybridized carbons (Fsp3) is 0.0625. The average molecular weight is 333 g/mol. The third-order valence-corrected chi connectivity index (χ3v) is 3.37. The second kappa shape index (κ2) is 5.80. The van der Waals surface area contributed by atoms with E-state index >= 15 is 0 Å². The fourth-order valence-electron chi connectivity index (χ4n) is 2.25. The maximum absolute atomic E-state index is 13.0. The lowest BCUT2D eigenvalue weighted by Crippen LogP contribution is -2.07. The highest BCUT2D eigenvalue weighted by molar-refractivity contribution is 5.63. The third kappa shape index (κ3) is 2.98. The van der Waals surface area contributed by atoms with Crippen molar-refractivity contribution in [1.29, 1.82) is 0 Å². The number of hydrogen-bond acceptors (Lipinski definition) is 3. The van der Waals surface area contributed by atoms with Crippen molar-refractivity contribution in [1.82, 2.24) is 9.78 Å². The maximum Gasteiger partial charge on any atom is 0.435 e. The molecule has 0 amide bonds. The normalized spacial score (nSPS) is 11.5. The first kappa shape index (κ1) is 15.7. The fourth-order valence-corrected chi connectivity index (χ4v) is 2.25. The van der Waals surface area contributed by atoms with Gasteiger partial charge in [-0.25, -0.2) is 4.68 Å². The summed E-state index contributed by atoms with van der Waals surface area (Å²) in [6, 6.07) is 14.6. The minimum atomic E-state index is -4.59. The van der Waals surface area contributed by atoms with Gasteiger partial charge in [0.2, 0.25) is 0 Å². The second-order valence-corrected chi connectivity index (χ2v) is 4.96. The van der Waals surface area contributed by atoms with Gasteiger partial charge in [0.1, 0.15) is 0 Å². The van der Waals surface area contributed by atoms with Crippen molar-refractivity contribution < 1.29 is 18.1 Å². The number of alkyl halides is 3. The lowest BCUT2D eigenvalue weighted by Gasteiger charge is -2.07. The van der Waals surface area contributed by atoms with Crippen molar-refractivity contribution in [3.05, 3.63) is 76.5 Å². The van der Waals surface area contributed by atoms with Gasteiger partial charge in [0.05, 0.1) is 16.3 Å². The summed E-state index contributed by atoms with van der Waals surface area (Å²) in [5.74, 6) is 0. The van der Waals surface area contributed by atoms with E-state index in [1.54, 1.807) is 30.3 Å². The van der Waals surface area contributed by atoms with Gasteiger partial charge in [0.25, 0.3) is 5.69 Å². The molecular weight excluding hydrogens is 323 g/mol. The monoisotopic (exact) mass is 333 g/mol. The quantitative estimate of drug-likeness (QED) is 0.525. The number of non-ortho nitro benzene ring substituents is 1. The van der Waals surface area contributed by atoms with Gasteiger partial charge < -0.3 is 0 Å². The smallest absolute Gasteiger partial charge is 0.258 e. The Hall–Kier alpha value is -3.16. The van der Waals surface area contributed by atoms with Crippen LogP contribution in [0.4, 0.5) is 18.9 Å². The molecule has 3 rings (SSSR count). The van der Waals surface area contributed by atoms with Crippen LogP contribution in [0.1, 0.15) is 5.69 Å². The van der Waals surface area contributed by atoms with E-state index in [4.69, 9.17) is 0 Å². The number of benzene rings is 2.